The number of benzene rings is 1. The molecule has 148 valence electrons. The molecule has 1 atom stereocenters. The van der Waals surface area contributed by atoms with Crippen LogP contribution in [0.5, 0.6) is 0 Å². The van der Waals surface area contributed by atoms with Crippen molar-refractivity contribution in [3.63, 3.8) is 0 Å². The van der Waals surface area contributed by atoms with Crippen LogP contribution in [-0.2, 0) is 23.8 Å². The lowest BCUT2D eigenvalue weighted by atomic mass is 9.91. The molecule has 2 aromatic rings. The first-order valence-electron chi connectivity index (χ1n) is 9.58. The molecule has 3 rings (SSSR count). The summed E-state index contributed by atoms with van der Waals surface area (Å²) >= 11 is 0. The Hall–Kier alpha value is -2.89. The van der Waals surface area contributed by atoms with Crippen molar-refractivity contribution in [1.82, 2.24) is 14.8 Å². The molecule has 28 heavy (non-hydrogen) atoms. The monoisotopic (exact) mass is 381 g/mol. The van der Waals surface area contributed by atoms with Gasteiger partial charge in [-0.15, -0.1) is 0 Å². The molecule has 0 saturated carbocycles. The average molecular weight is 381 g/mol. The number of hydrogen-bond donors (Lipinski definition) is 1. The first-order valence-corrected chi connectivity index (χ1v) is 9.58. The summed E-state index contributed by atoms with van der Waals surface area (Å²) in [6.45, 7) is 7.30. The number of aryl methyl sites for hydroxylation is 2. The van der Waals surface area contributed by atoms with Crippen molar-refractivity contribution >= 4 is 17.7 Å². The van der Waals surface area contributed by atoms with Crippen LogP contribution in [0.2, 0.25) is 0 Å². The SMILES string of the molecule is CCCc1ccc([C@@]2(C)NC(=O)N(CC(=O)c3cc(C)n(C)c3C)C2=O)cc1. The molecule has 3 amide bonds. The Morgan fingerprint density at radius 1 is 1.14 bits per heavy atom. The summed E-state index contributed by atoms with van der Waals surface area (Å²) in [7, 11) is 1.88. The number of carbonyl (C=O) groups is 3. The van der Waals surface area contributed by atoms with E-state index in [0.717, 1.165) is 29.1 Å². The van der Waals surface area contributed by atoms with E-state index in [1.807, 2.05) is 49.7 Å². The van der Waals surface area contributed by atoms with E-state index >= 15 is 0 Å². The Morgan fingerprint density at radius 2 is 1.79 bits per heavy atom. The van der Waals surface area contributed by atoms with E-state index in [2.05, 4.69) is 12.2 Å². The topological polar surface area (TPSA) is 71.4 Å². The summed E-state index contributed by atoms with van der Waals surface area (Å²) in [5.41, 5.74) is 3.06. The fourth-order valence-corrected chi connectivity index (χ4v) is 3.70. The normalized spacial score (nSPS) is 19.2. The Bertz CT molecular complexity index is 943. The minimum absolute atomic E-state index is 0.243. The molecular formula is C22H27N3O3. The molecule has 6 nitrogen and oxygen atoms in total. The Kier molecular flexibility index (Phi) is 5.15. The van der Waals surface area contributed by atoms with Crippen LogP contribution in [0.1, 0.15) is 53.1 Å². The van der Waals surface area contributed by atoms with Crippen LogP contribution >= 0.6 is 0 Å². The van der Waals surface area contributed by atoms with E-state index in [4.69, 9.17) is 0 Å². The van der Waals surface area contributed by atoms with Crippen molar-refractivity contribution in [3.05, 3.63) is 58.4 Å². The molecule has 2 heterocycles. The highest BCUT2D eigenvalue weighted by atomic mass is 16.2. The van der Waals surface area contributed by atoms with E-state index in [1.54, 1.807) is 13.0 Å². The van der Waals surface area contributed by atoms with E-state index in [9.17, 15) is 14.4 Å². The van der Waals surface area contributed by atoms with Gasteiger partial charge in [-0.1, -0.05) is 37.6 Å². The Labute approximate surface area is 165 Å². The van der Waals surface area contributed by atoms with Crippen molar-refractivity contribution in [1.29, 1.82) is 0 Å². The fourth-order valence-electron chi connectivity index (χ4n) is 3.70. The van der Waals surface area contributed by atoms with E-state index in [1.165, 1.54) is 5.56 Å². The number of ketones is 1. The molecule has 0 bridgehead atoms. The zero-order valence-corrected chi connectivity index (χ0v) is 17.1. The summed E-state index contributed by atoms with van der Waals surface area (Å²) < 4.78 is 1.92. The summed E-state index contributed by atoms with van der Waals surface area (Å²) in [4.78, 5) is 39.3. The van der Waals surface area contributed by atoms with Gasteiger partial charge in [-0.3, -0.25) is 14.5 Å². The second-order valence-electron chi connectivity index (χ2n) is 7.66. The Morgan fingerprint density at radius 3 is 2.32 bits per heavy atom. The van der Waals surface area contributed by atoms with E-state index < -0.39 is 17.5 Å². The van der Waals surface area contributed by atoms with Crippen molar-refractivity contribution in [3.8, 4) is 0 Å². The molecule has 0 unspecified atom stereocenters. The van der Waals surface area contributed by atoms with E-state index in [-0.39, 0.29) is 12.3 Å². The molecule has 6 heteroatoms. The van der Waals surface area contributed by atoms with Gasteiger partial charge in [0.15, 0.2) is 5.78 Å². The molecule has 1 aromatic heterocycles. The molecule has 1 N–H and O–H groups in total. The van der Waals surface area contributed by atoms with Gasteiger partial charge < -0.3 is 9.88 Å². The number of hydrogen-bond acceptors (Lipinski definition) is 3. The maximum Gasteiger partial charge on any atom is 0.325 e. The quantitative estimate of drug-likeness (QED) is 0.617. The van der Waals surface area contributed by atoms with Gasteiger partial charge in [0.25, 0.3) is 5.91 Å². The van der Waals surface area contributed by atoms with Crippen LogP contribution in [0.15, 0.2) is 30.3 Å². The highest BCUT2D eigenvalue weighted by Crippen LogP contribution is 2.29. The number of nitrogens with one attached hydrogen (secondary N) is 1. The van der Waals surface area contributed by atoms with Gasteiger partial charge in [0.2, 0.25) is 0 Å². The van der Waals surface area contributed by atoms with Crippen molar-refractivity contribution in [2.75, 3.05) is 6.54 Å². The third kappa shape index (κ3) is 3.23. The lowest BCUT2D eigenvalue weighted by Crippen LogP contribution is -2.41. The molecule has 0 radical (unpaired) electrons. The fraction of sp³-hybridized carbons (Fsp3) is 0.409. The largest absolute Gasteiger partial charge is 0.351 e. The van der Waals surface area contributed by atoms with Crippen molar-refractivity contribution in [2.45, 2.75) is 46.1 Å². The highest BCUT2D eigenvalue weighted by Gasteiger charge is 2.49. The molecular weight excluding hydrogens is 354 g/mol. The number of urea groups is 1. The maximum atomic E-state index is 13.1. The highest BCUT2D eigenvalue weighted by molar-refractivity contribution is 6.11. The Balaban J connectivity index is 1.82. The first kappa shape index (κ1) is 19.9. The predicted octanol–water partition coefficient (Wildman–Crippen LogP) is 3.24. The lowest BCUT2D eigenvalue weighted by molar-refractivity contribution is -0.130. The minimum Gasteiger partial charge on any atom is -0.351 e. The van der Waals surface area contributed by atoms with Gasteiger partial charge in [-0.2, -0.15) is 0 Å². The van der Waals surface area contributed by atoms with Crippen molar-refractivity contribution < 1.29 is 14.4 Å². The summed E-state index contributed by atoms with van der Waals surface area (Å²) in [6.07, 6.45) is 2.01. The number of aromatic nitrogens is 1. The van der Waals surface area contributed by atoms with Crippen LogP contribution < -0.4 is 5.32 Å². The van der Waals surface area contributed by atoms with Gasteiger partial charge in [0, 0.05) is 24.0 Å². The predicted molar refractivity (Wildman–Crippen MR) is 107 cm³/mol. The maximum absolute atomic E-state index is 13.1. The molecule has 1 aromatic carbocycles. The van der Waals surface area contributed by atoms with Gasteiger partial charge in [-0.25, -0.2) is 4.79 Å². The molecule has 1 fully saturated rings. The first-order chi connectivity index (χ1) is 13.2. The lowest BCUT2D eigenvalue weighted by Gasteiger charge is -2.22. The number of nitrogens with zero attached hydrogens (tertiary/aromatic N) is 2. The van der Waals surface area contributed by atoms with Gasteiger partial charge >= 0.3 is 6.03 Å². The molecule has 1 saturated heterocycles. The van der Waals surface area contributed by atoms with Crippen LogP contribution in [0, 0.1) is 13.8 Å². The van der Waals surface area contributed by atoms with Gasteiger partial charge in [-0.05, 0) is 44.4 Å². The zero-order valence-electron chi connectivity index (χ0n) is 17.1. The van der Waals surface area contributed by atoms with Crippen molar-refractivity contribution in [2.24, 2.45) is 7.05 Å². The average Bonchev–Trinajstić information content (AvgIpc) is 3.05. The smallest absolute Gasteiger partial charge is 0.325 e. The van der Waals surface area contributed by atoms with Crippen LogP contribution in [0.25, 0.3) is 0 Å². The summed E-state index contributed by atoms with van der Waals surface area (Å²) in [5, 5.41) is 2.77. The standard InChI is InChI=1S/C22H27N3O3/c1-6-7-16-8-10-17(11-9-16)22(4)20(27)25(21(28)23-22)13-19(26)18-12-14(2)24(5)15(18)3/h8-12H,6-7,13H2,1-5H3,(H,23,28)/t22-/m1/s1. The third-order valence-corrected chi connectivity index (χ3v) is 5.72. The second kappa shape index (κ2) is 7.26. The van der Waals surface area contributed by atoms with Gasteiger partial charge in [0.05, 0.1) is 6.54 Å². The summed E-state index contributed by atoms with van der Waals surface area (Å²) in [6, 6.07) is 8.96. The third-order valence-electron chi connectivity index (χ3n) is 5.72. The number of amides is 3. The molecule has 1 aliphatic heterocycles. The molecule has 1 aliphatic rings. The number of carbonyl (C=O) groups excluding carboxylic acids is 3. The van der Waals surface area contributed by atoms with Crippen LogP contribution in [0.4, 0.5) is 4.79 Å². The zero-order chi connectivity index (χ0) is 20.6. The van der Waals surface area contributed by atoms with Crippen LogP contribution in [-0.4, -0.2) is 33.7 Å². The van der Waals surface area contributed by atoms with Gasteiger partial charge in [0.1, 0.15) is 5.54 Å². The molecule has 0 aliphatic carbocycles. The second-order valence-corrected chi connectivity index (χ2v) is 7.66. The number of Topliss-reactive ketones (excluding diaryl/α,β-unsaturated/α-hetero) is 1. The molecule has 0 spiro atoms. The summed E-state index contributed by atoms with van der Waals surface area (Å²) in [5.74, 6) is -0.647. The number of imide groups is 1. The van der Waals surface area contributed by atoms with E-state index in [0.29, 0.717) is 11.1 Å². The number of rotatable bonds is 6. The van der Waals surface area contributed by atoms with Crippen LogP contribution in [0.3, 0.4) is 0 Å². The minimum atomic E-state index is -1.16.